The van der Waals surface area contributed by atoms with Crippen LogP contribution in [0.5, 0.6) is 11.5 Å². The molecule has 0 radical (unpaired) electrons. The molecule has 2 amide bonds. The van der Waals surface area contributed by atoms with E-state index in [1.54, 1.807) is 35.8 Å². The van der Waals surface area contributed by atoms with E-state index in [4.69, 9.17) is 4.74 Å². The highest BCUT2D eigenvalue weighted by Crippen LogP contribution is 2.49. The molecule has 40 heavy (non-hydrogen) atoms. The third kappa shape index (κ3) is 3.04. The van der Waals surface area contributed by atoms with Crippen LogP contribution in [0.2, 0.25) is 0 Å². The van der Waals surface area contributed by atoms with E-state index in [1.165, 1.54) is 17.1 Å². The topological polar surface area (TPSA) is 181 Å². The Morgan fingerprint density at radius 3 is 2.48 bits per heavy atom. The van der Waals surface area contributed by atoms with Crippen LogP contribution in [0.1, 0.15) is 29.1 Å². The lowest BCUT2D eigenvalue weighted by atomic mass is 9.90. The summed E-state index contributed by atoms with van der Waals surface area (Å²) in [6, 6.07) is 9.82. The number of aromatic nitrogens is 2. The van der Waals surface area contributed by atoms with Gasteiger partial charge in [-0.15, -0.1) is 0 Å². The van der Waals surface area contributed by atoms with Gasteiger partial charge in [-0.2, -0.15) is 0 Å². The molecule has 3 aromatic carbocycles. The minimum atomic E-state index is -1.44. The maximum absolute atomic E-state index is 13.6. The molecule has 0 saturated carbocycles. The minimum absolute atomic E-state index is 0.0204. The molecule has 12 nitrogen and oxygen atoms in total. The Bertz CT molecular complexity index is 1880. The van der Waals surface area contributed by atoms with Gasteiger partial charge in [-0.05, 0) is 17.7 Å². The van der Waals surface area contributed by atoms with E-state index in [-0.39, 0.29) is 23.6 Å². The molecule has 0 spiro atoms. The number of rotatable bonds is 4. The second-order valence-corrected chi connectivity index (χ2v) is 10.4. The molecule has 0 aliphatic carbocycles. The summed E-state index contributed by atoms with van der Waals surface area (Å²) in [6.45, 7) is 1.28. The van der Waals surface area contributed by atoms with Crippen LogP contribution in [0.25, 0.3) is 43.6 Å². The van der Waals surface area contributed by atoms with Crippen LogP contribution in [0.4, 0.5) is 0 Å². The van der Waals surface area contributed by atoms with Gasteiger partial charge in [0.05, 0.1) is 53.0 Å². The van der Waals surface area contributed by atoms with Gasteiger partial charge in [-0.3, -0.25) is 15.0 Å². The number of aliphatic hydroxyl groups is 3. The summed E-state index contributed by atoms with van der Waals surface area (Å²) in [4.78, 5) is 28.2. The predicted molar refractivity (Wildman–Crippen MR) is 143 cm³/mol. The summed E-state index contributed by atoms with van der Waals surface area (Å²) < 4.78 is 7.77. The van der Waals surface area contributed by atoms with Crippen molar-refractivity contribution in [3.63, 3.8) is 0 Å². The summed E-state index contributed by atoms with van der Waals surface area (Å²) in [7, 11) is 0. The molecular formula is C28H26N4O8. The van der Waals surface area contributed by atoms with Gasteiger partial charge in [-0.25, -0.2) is 5.01 Å². The molecule has 2 aromatic heterocycles. The molecule has 7 rings (SSSR count). The second-order valence-electron chi connectivity index (χ2n) is 10.4. The van der Waals surface area contributed by atoms with Crippen LogP contribution in [0, 0.1) is 5.92 Å². The van der Waals surface area contributed by atoms with E-state index in [0.29, 0.717) is 55.6 Å². The van der Waals surface area contributed by atoms with Crippen molar-refractivity contribution < 1.29 is 39.9 Å². The normalized spacial score (nSPS) is 24.9. The van der Waals surface area contributed by atoms with E-state index in [9.17, 15) is 35.1 Å². The van der Waals surface area contributed by atoms with Gasteiger partial charge in [0, 0.05) is 27.5 Å². The molecule has 0 bridgehead atoms. The fourth-order valence-corrected chi connectivity index (χ4v) is 6.50. The molecule has 5 aromatic rings. The Morgan fingerprint density at radius 2 is 1.75 bits per heavy atom. The fraction of sp³-hybridized carbons (Fsp3) is 0.286. The number of H-pyrrole nitrogens is 1. The van der Waals surface area contributed by atoms with Gasteiger partial charge in [0.1, 0.15) is 17.6 Å². The number of hydrogen-bond acceptors (Lipinski definition) is 8. The molecule has 5 atom stereocenters. The van der Waals surface area contributed by atoms with Crippen molar-refractivity contribution in [1.29, 1.82) is 0 Å². The molecule has 2 aliphatic heterocycles. The van der Waals surface area contributed by atoms with Gasteiger partial charge >= 0.3 is 0 Å². The van der Waals surface area contributed by atoms with E-state index < -0.39 is 43.0 Å². The molecule has 206 valence electrons. The molecule has 1 fully saturated rings. The van der Waals surface area contributed by atoms with Gasteiger partial charge in [0.25, 0.3) is 5.91 Å². The third-order valence-corrected chi connectivity index (χ3v) is 8.40. The molecule has 4 heterocycles. The van der Waals surface area contributed by atoms with Crippen molar-refractivity contribution in [1.82, 2.24) is 20.0 Å². The lowest BCUT2D eigenvalue weighted by Gasteiger charge is -2.42. The molecule has 12 heteroatoms. The number of carbonyl (C=O) groups excluding carboxylic acids is 2. The smallest absolute Gasteiger partial charge is 0.273 e. The number of aliphatic hydroxyl groups excluding tert-OH is 3. The standard InChI is InChI=1S/C28H26N4O8/c1-11-17(9-33)40-28(26(38)25(11)37)32-23-13(5-3-7-16(23)36)18-14-8-31(29-10-34)27(39)20(14)19-12-4-2-6-15(35)21(12)30-22(19)24(18)32/h2-7,10-11,17,25-26,28,30,33,35-38H,8-9H2,1H3,(H,29,34). The number of carbonyl (C=O) groups is 2. The number of benzene rings is 3. The highest BCUT2D eigenvalue weighted by atomic mass is 16.5. The first-order chi connectivity index (χ1) is 19.3. The first-order valence-electron chi connectivity index (χ1n) is 12.9. The number of aromatic amines is 1. The SMILES string of the molecule is CC1C(CO)OC(n2c3c(O)cccc3c3c4c(c5c6cccc(O)c6[nH]c5c32)C(=O)N(NC=O)C4)C(O)C1O. The van der Waals surface area contributed by atoms with Crippen LogP contribution < -0.4 is 5.43 Å². The zero-order valence-electron chi connectivity index (χ0n) is 21.2. The summed E-state index contributed by atoms with van der Waals surface area (Å²) in [5.41, 5.74) is 4.86. The molecule has 2 aliphatic rings. The van der Waals surface area contributed by atoms with Gasteiger partial charge in [-0.1, -0.05) is 31.2 Å². The number of para-hydroxylation sites is 2. The van der Waals surface area contributed by atoms with Crippen LogP contribution in [-0.4, -0.2) is 77.3 Å². The zero-order chi connectivity index (χ0) is 28.0. The lowest BCUT2D eigenvalue weighted by molar-refractivity contribution is -0.227. The number of phenols is 2. The minimum Gasteiger partial charge on any atom is -0.506 e. The number of fused-ring (bicyclic) bond motifs is 10. The Balaban J connectivity index is 1.70. The van der Waals surface area contributed by atoms with Gasteiger partial charge < -0.3 is 39.8 Å². The maximum Gasteiger partial charge on any atom is 0.273 e. The third-order valence-electron chi connectivity index (χ3n) is 8.40. The predicted octanol–water partition coefficient (Wildman–Crippen LogP) is 1.70. The average molecular weight is 547 g/mol. The van der Waals surface area contributed by atoms with Crippen molar-refractivity contribution in [2.45, 2.75) is 38.0 Å². The first kappa shape index (κ1) is 24.7. The summed E-state index contributed by atoms with van der Waals surface area (Å²) in [5.74, 6) is -1.20. The van der Waals surface area contributed by atoms with Crippen molar-refractivity contribution >= 4 is 55.9 Å². The van der Waals surface area contributed by atoms with Crippen molar-refractivity contribution in [3.8, 4) is 11.5 Å². The second kappa shape index (κ2) is 8.57. The summed E-state index contributed by atoms with van der Waals surface area (Å²) in [6.07, 6.45) is -4.32. The number of amides is 2. The first-order valence-corrected chi connectivity index (χ1v) is 12.9. The number of aromatic hydroxyl groups is 2. The highest BCUT2D eigenvalue weighted by Gasteiger charge is 2.45. The van der Waals surface area contributed by atoms with Crippen LogP contribution in [-0.2, 0) is 16.1 Å². The fourth-order valence-electron chi connectivity index (χ4n) is 6.50. The quantitative estimate of drug-likeness (QED) is 0.166. The highest BCUT2D eigenvalue weighted by molar-refractivity contribution is 6.31. The van der Waals surface area contributed by atoms with Gasteiger partial charge in [0.2, 0.25) is 6.41 Å². The maximum atomic E-state index is 13.6. The summed E-state index contributed by atoms with van der Waals surface area (Å²) in [5, 5.41) is 57.4. The van der Waals surface area contributed by atoms with Gasteiger partial charge in [0.15, 0.2) is 6.23 Å². The van der Waals surface area contributed by atoms with Crippen LogP contribution >= 0.6 is 0 Å². The van der Waals surface area contributed by atoms with Crippen LogP contribution in [0.3, 0.4) is 0 Å². The van der Waals surface area contributed by atoms with Crippen molar-refractivity contribution in [2.75, 3.05) is 6.61 Å². The Labute approximate surface area is 225 Å². The van der Waals surface area contributed by atoms with E-state index >= 15 is 0 Å². The van der Waals surface area contributed by atoms with E-state index in [0.717, 1.165) is 0 Å². The van der Waals surface area contributed by atoms with Crippen molar-refractivity contribution in [2.24, 2.45) is 5.92 Å². The van der Waals surface area contributed by atoms with E-state index in [2.05, 4.69) is 10.4 Å². The molecule has 1 saturated heterocycles. The lowest BCUT2D eigenvalue weighted by Crippen LogP contribution is -2.52. The number of phenolic OH excluding ortho intramolecular Hbond substituents is 2. The average Bonchev–Trinajstić information content (AvgIpc) is 3.59. The zero-order valence-corrected chi connectivity index (χ0v) is 21.2. The van der Waals surface area contributed by atoms with E-state index in [1.807, 2.05) is 0 Å². The molecule has 7 N–H and O–H groups in total. The van der Waals surface area contributed by atoms with Crippen LogP contribution in [0.15, 0.2) is 36.4 Å². The molecule has 5 unspecified atom stereocenters. The number of hydrogen-bond donors (Lipinski definition) is 7. The molecular weight excluding hydrogens is 520 g/mol. The summed E-state index contributed by atoms with van der Waals surface area (Å²) >= 11 is 0. The Morgan fingerprint density at radius 1 is 1.02 bits per heavy atom. The largest absolute Gasteiger partial charge is 0.506 e. The number of nitrogens with one attached hydrogen (secondary N) is 2. The number of ether oxygens (including phenoxy) is 1. The van der Waals surface area contributed by atoms with Crippen molar-refractivity contribution in [3.05, 3.63) is 47.5 Å². The number of nitrogens with zero attached hydrogens (tertiary/aromatic N) is 2. The number of hydrazine groups is 1. The monoisotopic (exact) mass is 546 g/mol. The Kier molecular flexibility index (Phi) is 5.28. The Hall–Kier alpha value is -4.36.